The van der Waals surface area contributed by atoms with Crippen molar-refractivity contribution in [2.75, 3.05) is 0 Å². The highest BCUT2D eigenvalue weighted by Crippen LogP contribution is 2.30. The molecule has 0 aliphatic carbocycles. The van der Waals surface area contributed by atoms with E-state index in [4.69, 9.17) is 16.3 Å². The number of benzene rings is 1. The van der Waals surface area contributed by atoms with E-state index in [1.54, 1.807) is 6.07 Å². The summed E-state index contributed by atoms with van der Waals surface area (Å²) in [6, 6.07) is 4.57. The molecule has 1 aromatic carbocycles. The molecule has 1 N–H and O–H groups in total. The molecule has 1 heterocycles. The summed E-state index contributed by atoms with van der Waals surface area (Å²) in [7, 11) is 0. The maximum atomic E-state index is 13.7. The summed E-state index contributed by atoms with van der Waals surface area (Å²) in [5.74, 6) is -0.553. The van der Waals surface area contributed by atoms with Crippen LogP contribution in [0.3, 0.4) is 0 Å². The van der Waals surface area contributed by atoms with Crippen LogP contribution in [-0.4, -0.2) is 15.7 Å². The van der Waals surface area contributed by atoms with E-state index < -0.39 is 5.82 Å². The number of hydrogen-bond acceptors (Lipinski definition) is 5. The van der Waals surface area contributed by atoms with Crippen LogP contribution in [0.2, 0.25) is 5.02 Å². The van der Waals surface area contributed by atoms with Crippen molar-refractivity contribution in [1.29, 1.82) is 0 Å². The number of aromatic nitrogens is 2. The summed E-state index contributed by atoms with van der Waals surface area (Å²) in [5, 5.41) is 12.2. The Morgan fingerprint density at radius 3 is 2.80 bits per heavy atom. The Labute approximate surface area is 125 Å². The summed E-state index contributed by atoms with van der Waals surface area (Å²) in [6.45, 7) is 6.77. The number of hydrogen-bond donors (Lipinski definition) is 1. The molecule has 0 saturated heterocycles. The van der Waals surface area contributed by atoms with Gasteiger partial charge < -0.3 is 10.1 Å². The number of nitrogens with zero attached hydrogens (tertiary/aromatic N) is 2. The minimum atomic E-state index is -0.598. The minimum Gasteiger partial charge on any atom is -0.427 e. The van der Waals surface area contributed by atoms with Crippen LogP contribution in [0.5, 0.6) is 10.9 Å². The monoisotopic (exact) mass is 315 g/mol. The van der Waals surface area contributed by atoms with Crippen molar-refractivity contribution in [2.24, 2.45) is 0 Å². The van der Waals surface area contributed by atoms with Crippen LogP contribution in [0.15, 0.2) is 18.2 Å². The third-order valence-electron chi connectivity index (χ3n) is 2.33. The van der Waals surface area contributed by atoms with Gasteiger partial charge in [-0.2, -0.15) is 0 Å². The van der Waals surface area contributed by atoms with Gasteiger partial charge in [0.2, 0.25) is 0 Å². The van der Waals surface area contributed by atoms with Gasteiger partial charge in [-0.05, 0) is 32.9 Å². The number of halogens is 2. The second kappa shape index (κ2) is 6.03. The van der Waals surface area contributed by atoms with E-state index in [0.717, 1.165) is 5.01 Å². The van der Waals surface area contributed by atoms with E-state index >= 15 is 0 Å². The largest absolute Gasteiger partial charge is 0.427 e. The molecule has 0 unspecified atom stereocenters. The summed E-state index contributed by atoms with van der Waals surface area (Å²) < 4.78 is 19.0. The van der Waals surface area contributed by atoms with Gasteiger partial charge in [-0.3, -0.25) is 0 Å². The molecule has 20 heavy (non-hydrogen) atoms. The minimum absolute atomic E-state index is 0.00818. The molecule has 1 aromatic heterocycles. The molecule has 0 bridgehead atoms. The van der Waals surface area contributed by atoms with Gasteiger partial charge in [-0.15, -0.1) is 5.10 Å². The van der Waals surface area contributed by atoms with Crippen LogP contribution in [0.25, 0.3) is 0 Å². The van der Waals surface area contributed by atoms with E-state index in [-0.39, 0.29) is 21.5 Å². The number of rotatable bonds is 4. The lowest BCUT2D eigenvalue weighted by Gasteiger charge is -2.19. The Bertz CT molecular complexity index is 598. The van der Waals surface area contributed by atoms with Crippen molar-refractivity contribution in [2.45, 2.75) is 32.9 Å². The van der Waals surface area contributed by atoms with Gasteiger partial charge in [-0.25, -0.2) is 4.39 Å². The molecular weight excluding hydrogens is 301 g/mol. The van der Waals surface area contributed by atoms with Crippen molar-refractivity contribution in [3.05, 3.63) is 34.0 Å². The smallest absolute Gasteiger partial charge is 0.299 e. The molecule has 0 fully saturated rings. The quantitative estimate of drug-likeness (QED) is 0.926. The highest BCUT2D eigenvalue weighted by molar-refractivity contribution is 7.13. The SMILES string of the molecule is CC(C)(C)NCc1nnc(Oc2cccc(Cl)c2F)s1. The van der Waals surface area contributed by atoms with Crippen LogP contribution in [-0.2, 0) is 6.54 Å². The molecule has 0 amide bonds. The van der Waals surface area contributed by atoms with Crippen LogP contribution in [0.1, 0.15) is 25.8 Å². The van der Waals surface area contributed by atoms with Gasteiger partial charge in [0.25, 0.3) is 5.19 Å². The maximum Gasteiger partial charge on any atom is 0.299 e. The lowest BCUT2D eigenvalue weighted by Crippen LogP contribution is -2.35. The molecule has 4 nitrogen and oxygen atoms in total. The topological polar surface area (TPSA) is 47.0 Å². The first kappa shape index (κ1) is 15.2. The highest BCUT2D eigenvalue weighted by atomic mass is 35.5. The molecule has 0 radical (unpaired) electrons. The number of ether oxygens (including phenoxy) is 1. The maximum absolute atomic E-state index is 13.7. The normalized spacial score (nSPS) is 11.7. The summed E-state index contributed by atoms with van der Waals surface area (Å²) in [6.07, 6.45) is 0. The van der Waals surface area contributed by atoms with Crippen molar-refractivity contribution >= 4 is 22.9 Å². The lowest BCUT2D eigenvalue weighted by molar-refractivity contribution is 0.422. The molecule has 2 aromatic rings. The predicted molar refractivity (Wildman–Crippen MR) is 78.0 cm³/mol. The zero-order valence-electron chi connectivity index (χ0n) is 11.4. The average molecular weight is 316 g/mol. The molecule has 2 rings (SSSR count). The van der Waals surface area contributed by atoms with Crippen molar-refractivity contribution < 1.29 is 9.13 Å². The van der Waals surface area contributed by atoms with Gasteiger partial charge in [0.05, 0.1) is 11.6 Å². The standard InChI is InChI=1S/C13H15ClFN3OS/c1-13(2,3)16-7-10-17-18-12(20-10)19-9-6-4-5-8(14)11(9)15/h4-6,16H,7H2,1-3H3. The van der Waals surface area contributed by atoms with Crippen LogP contribution in [0, 0.1) is 5.82 Å². The fourth-order valence-electron chi connectivity index (χ4n) is 1.35. The zero-order valence-corrected chi connectivity index (χ0v) is 13.0. The Morgan fingerprint density at radius 1 is 1.35 bits per heavy atom. The Balaban J connectivity index is 2.04. The zero-order chi connectivity index (χ0) is 14.8. The Hall–Kier alpha value is -1.24. The van der Waals surface area contributed by atoms with Crippen molar-refractivity contribution in [3.63, 3.8) is 0 Å². The Kier molecular flexibility index (Phi) is 4.57. The van der Waals surface area contributed by atoms with E-state index in [1.165, 1.54) is 23.5 Å². The summed E-state index contributed by atoms with van der Waals surface area (Å²) in [4.78, 5) is 0. The van der Waals surface area contributed by atoms with Crippen molar-refractivity contribution in [3.8, 4) is 10.9 Å². The van der Waals surface area contributed by atoms with Crippen LogP contribution >= 0.6 is 22.9 Å². The fraction of sp³-hybridized carbons (Fsp3) is 0.385. The third kappa shape index (κ3) is 4.13. The molecule has 108 valence electrons. The second-order valence-electron chi connectivity index (χ2n) is 5.22. The Morgan fingerprint density at radius 2 is 2.10 bits per heavy atom. The van der Waals surface area contributed by atoms with Crippen LogP contribution < -0.4 is 10.1 Å². The van der Waals surface area contributed by atoms with E-state index in [9.17, 15) is 4.39 Å². The molecule has 0 atom stereocenters. The molecule has 0 aliphatic rings. The average Bonchev–Trinajstić information content (AvgIpc) is 2.80. The van der Waals surface area contributed by atoms with Gasteiger partial charge in [-0.1, -0.05) is 34.1 Å². The first-order valence-corrected chi connectivity index (χ1v) is 7.24. The van der Waals surface area contributed by atoms with Crippen molar-refractivity contribution in [1.82, 2.24) is 15.5 Å². The first-order chi connectivity index (χ1) is 9.35. The molecule has 0 saturated carbocycles. The van der Waals surface area contributed by atoms with E-state index in [1.807, 2.05) is 0 Å². The number of nitrogens with one attached hydrogen (secondary N) is 1. The van der Waals surface area contributed by atoms with Gasteiger partial charge >= 0.3 is 0 Å². The molecule has 0 spiro atoms. The van der Waals surface area contributed by atoms with Gasteiger partial charge in [0.1, 0.15) is 5.01 Å². The fourth-order valence-corrected chi connectivity index (χ4v) is 2.16. The van der Waals surface area contributed by atoms with Gasteiger partial charge in [0.15, 0.2) is 11.6 Å². The lowest BCUT2D eigenvalue weighted by atomic mass is 10.1. The third-order valence-corrected chi connectivity index (χ3v) is 3.42. The summed E-state index contributed by atoms with van der Waals surface area (Å²) >= 11 is 6.95. The summed E-state index contributed by atoms with van der Waals surface area (Å²) in [5.41, 5.74) is -0.00818. The van der Waals surface area contributed by atoms with E-state index in [2.05, 4.69) is 36.3 Å². The predicted octanol–water partition coefficient (Wildman–Crippen LogP) is 4.01. The molecule has 7 heteroatoms. The van der Waals surface area contributed by atoms with Crippen LogP contribution in [0.4, 0.5) is 4.39 Å². The highest BCUT2D eigenvalue weighted by Gasteiger charge is 2.14. The van der Waals surface area contributed by atoms with Gasteiger partial charge in [0, 0.05) is 5.54 Å². The molecular formula is C13H15ClFN3OS. The van der Waals surface area contributed by atoms with E-state index in [0.29, 0.717) is 6.54 Å². The molecule has 0 aliphatic heterocycles. The second-order valence-corrected chi connectivity index (χ2v) is 6.65. The first-order valence-electron chi connectivity index (χ1n) is 6.04.